The minimum atomic E-state index is -1.51. The molecule has 0 saturated carbocycles. The smallest absolute Gasteiger partial charge is 0.456 e. The normalized spacial score (nSPS) is 11.1. The first-order valence-electron chi connectivity index (χ1n) is 25.4. The van der Waals surface area contributed by atoms with Crippen LogP contribution in [0.25, 0.3) is 123 Å². The van der Waals surface area contributed by atoms with Crippen LogP contribution in [-0.4, -0.2) is 47.1 Å². The van der Waals surface area contributed by atoms with E-state index in [4.69, 9.17) is 43.6 Å². The fourth-order valence-corrected chi connectivity index (χ4v) is 10.0. The highest BCUT2D eigenvalue weighted by Crippen LogP contribution is 2.37. The lowest BCUT2D eigenvalue weighted by molar-refractivity contribution is 0.425. The molecule has 0 amide bonds. The Morgan fingerprint density at radius 2 is 0.613 bits per heavy atom. The van der Waals surface area contributed by atoms with Gasteiger partial charge < -0.3 is 18.9 Å². The Labute approximate surface area is 474 Å². The van der Waals surface area contributed by atoms with Crippen LogP contribution in [0.15, 0.2) is 251 Å². The molecule has 0 bridgehead atoms. The zero-order valence-corrected chi connectivity index (χ0v) is 44.5. The Morgan fingerprint density at radius 3 is 1.07 bits per heavy atom. The molecule has 0 aliphatic carbocycles. The van der Waals surface area contributed by atoms with Gasteiger partial charge >= 0.3 is 7.12 Å². The van der Waals surface area contributed by atoms with Crippen molar-refractivity contribution in [3.8, 4) is 78.7 Å². The number of aromatic nitrogens is 6. The summed E-state index contributed by atoms with van der Waals surface area (Å²) in [4.78, 5) is 25.0. The molecule has 0 unspecified atom stereocenters. The van der Waals surface area contributed by atoms with Crippen LogP contribution in [0.2, 0.25) is 15.9 Å². The number of benzene rings is 10. The highest BCUT2D eigenvalue weighted by Gasteiger charge is 2.17. The zero-order chi connectivity index (χ0) is 54.5. The first kappa shape index (κ1) is 51.4. The van der Waals surface area contributed by atoms with Crippen molar-refractivity contribution in [1.82, 2.24) is 29.9 Å². The predicted molar refractivity (Wildman–Crippen MR) is 324 cm³/mol. The number of halogens is 3. The van der Waals surface area contributed by atoms with Crippen LogP contribution >= 0.6 is 34.8 Å². The van der Waals surface area contributed by atoms with E-state index in [1.165, 1.54) is 22.3 Å². The van der Waals surface area contributed by atoms with Crippen molar-refractivity contribution < 1.29 is 18.9 Å². The molecule has 4 aromatic heterocycles. The highest BCUT2D eigenvalue weighted by atomic mass is 35.5. The van der Waals surface area contributed by atoms with Crippen molar-refractivity contribution in [2.45, 2.75) is 0 Å². The average Bonchev–Trinajstić information content (AvgIpc) is 4.10. The minimum absolute atomic E-state index is 0.101. The van der Waals surface area contributed by atoms with Gasteiger partial charge in [-0.3, -0.25) is 0 Å². The summed E-state index contributed by atoms with van der Waals surface area (Å²) in [5, 5.41) is 23.2. The molecule has 0 atom stereocenters. The Kier molecular flexibility index (Phi) is 14.8. The van der Waals surface area contributed by atoms with Crippen molar-refractivity contribution in [2.75, 3.05) is 0 Å². The van der Waals surface area contributed by atoms with Crippen molar-refractivity contribution in [3.05, 3.63) is 259 Å². The van der Waals surface area contributed by atoms with E-state index < -0.39 is 7.12 Å². The summed E-state index contributed by atoms with van der Waals surface area (Å²) in [6, 6.07) is 80.8. The van der Waals surface area contributed by atoms with Gasteiger partial charge in [-0.2, -0.15) is 24.9 Å². The topological polar surface area (TPSA) is 144 Å². The Bertz CT molecular complexity index is 4490. The van der Waals surface area contributed by atoms with Crippen LogP contribution < -0.4 is 5.46 Å². The van der Waals surface area contributed by atoms with Crippen molar-refractivity contribution in [3.63, 3.8) is 0 Å². The van der Waals surface area contributed by atoms with Gasteiger partial charge in [-0.15, -0.1) is 0 Å². The molecule has 10 nitrogen and oxygen atoms in total. The summed E-state index contributed by atoms with van der Waals surface area (Å²) in [5.41, 5.74) is 15.3. The summed E-state index contributed by atoms with van der Waals surface area (Å²) >= 11 is 17.6. The molecule has 0 radical (unpaired) electrons. The maximum absolute atomic E-state index is 9.38. The lowest BCUT2D eigenvalue weighted by Gasteiger charge is -2.06. The van der Waals surface area contributed by atoms with Crippen molar-refractivity contribution >= 4 is 91.3 Å². The van der Waals surface area contributed by atoms with Crippen LogP contribution in [0.4, 0.5) is 0 Å². The SMILES string of the molecule is Clc1nc(-c2ccccc2)nc(-c2ccc3c(c2)oc2ccc(-c4cccc(-c5ccccc5)c4)cc23)n1.Clc1nc(Cl)nc(-c2ccccc2)n1.OB(O)c1ccc2c(c1)oc1ccc(-c3cccc(-c4ccccc4)c3)cc12. The van der Waals surface area contributed by atoms with Gasteiger partial charge in [-0.05, 0) is 139 Å². The third-order valence-corrected chi connectivity index (χ3v) is 13.9. The highest BCUT2D eigenvalue weighted by molar-refractivity contribution is 6.59. The summed E-state index contributed by atoms with van der Waals surface area (Å²) in [5.74, 6) is 1.52. The van der Waals surface area contributed by atoms with Crippen LogP contribution in [0.1, 0.15) is 0 Å². The average molecular weight is 1100 g/mol. The number of fused-ring (bicyclic) bond motifs is 6. The van der Waals surface area contributed by atoms with E-state index >= 15 is 0 Å². The molecule has 0 fully saturated rings. The second-order valence-electron chi connectivity index (χ2n) is 18.5. The number of hydrogen-bond donors (Lipinski definition) is 2. The summed E-state index contributed by atoms with van der Waals surface area (Å²) < 4.78 is 12.1. The third-order valence-electron chi connectivity index (χ3n) is 13.4. The van der Waals surface area contributed by atoms with E-state index in [0.29, 0.717) is 28.5 Å². The number of furan rings is 2. The molecule has 14 aromatic rings. The Morgan fingerprint density at radius 1 is 0.263 bits per heavy atom. The van der Waals surface area contributed by atoms with E-state index in [1.807, 2.05) is 115 Å². The fourth-order valence-electron chi connectivity index (χ4n) is 9.49. The van der Waals surface area contributed by atoms with Crippen LogP contribution in [-0.2, 0) is 0 Å². The second-order valence-corrected chi connectivity index (χ2v) is 19.6. The van der Waals surface area contributed by atoms with E-state index in [9.17, 15) is 10.0 Å². The molecule has 4 heterocycles. The molecule has 384 valence electrons. The van der Waals surface area contributed by atoms with Gasteiger partial charge in [0.2, 0.25) is 15.9 Å². The van der Waals surface area contributed by atoms with E-state index in [-0.39, 0.29) is 15.9 Å². The first-order chi connectivity index (χ1) is 39.1. The summed E-state index contributed by atoms with van der Waals surface area (Å²) in [6.45, 7) is 0. The molecule has 0 saturated heterocycles. The van der Waals surface area contributed by atoms with Gasteiger partial charge in [0.25, 0.3) is 0 Å². The summed E-state index contributed by atoms with van der Waals surface area (Å²) in [7, 11) is -1.51. The second kappa shape index (κ2) is 22.9. The monoisotopic (exact) mass is 1100 g/mol. The van der Waals surface area contributed by atoms with Gasteiger partial charge in [-0.25, -0.2) is 4.98 Å². The lowest BCUT2D eigenvalue weighted by Crippen LogP contribution is -2.29. The molecule has 14 rings (SSSR count). The molecule has 10 aromatic carbocycles. The Balaban J connectivity index is 0.000000132. The summed E-state index contributed by atoms with van der Waals surface area (Å²) in [6.07, 6.45) is 0. The van der Waals surface area contributed by atoms with Gasteiger partial charge in [-0.1, -0.05) is 188 Å². The molecule has 0 aliphatic rings. The van der Waals surface area contributed by atoms with Gasteiger partial charge in [0, 0.05) is 38.2 Å². The molecule has 14 heteroatoms. The Hall–Kier alpha value is -9.33. The van der Waals surface area contributed by atoms with Crippen molar-refractivity contribution in [2.24, 2.45) is 0 Å². The van der Waals surface area contributed by atoms with Gasteiger partial charge in [0.05, 0.1) is 0 Å². The molecule has 80 heavy (non-hydrogen) atoms. The van der Waals surface area contributed by atoms with E-state index in [0.717, 1.165) is 77.2 Å². The fraction of sp³-hybridized carbons (Fsp3) is 0. The number of nitrogens with zero attached hydrogens (tertiary/aromatic N) is 6. The lowest BCUT2D eigenvalue weighted by atomic mass is 9.80. The standard InChI is InChI=1S/C33H20ClN3O.C24H17BO3.C9H5Cl2N3/c34-33-36-31(22-10-5-2-6-11-22)35-32(37-33)26-14-16-27-28-19-25(15-17-29(28)38-30(27)20-26)24-13-7-12-23(18-24)21-8-3-1-4-9-21;26-25(27)20-10-11-21-22-14-19(9-12-23(22)28-24(21)15-20)18-8-4-7-17(13-18)16-5-2-1-3-6-16;10-8-12-7(13-9(11)14-8)6-4-2-1-3-5-6/h1-20H;1-15,26-27H;1-5H. The molecular formula is C66H42BCl3N6O4. The quantitative estimate of drug-likeness (QED) is 0.141. The maximum atomic E-state index is 9.38. The largest absolute Gasteiger partial charge is 0.488 e. The molecule has 0 aliphatic heterocycles. The predicted octanol–water partition coefficient (Wildman–Crippen LogP) is 16.5. The van der Waals surface area contributed by atoms with E-state index in [2.05, 4.69) is 145 Å². The third kappa shape index (κ3) is 11.3. The zero-order valence-electron chi connectivity index (χ0n) is 42.2. The maximum Gasteiger partial charge on any atom is 0.488 e. The van der Waals surface area contributed by atoms with Crippen molar-refractivity contribution in [1.29, 1.82) is 0 Å². The molecule has 0 spiro atoms. The van der Waals surface area contributed by atoms with Crippen LogP contribution in [0.5, 0.6) is 0 Å². The van der Waals surface area contributed by atoms with E-state index in [1.54, 1.807) is 12.1 Å². The molecule has 2 N–H and O–H groups in total. The first-order valence-corrected chi connectivity index (χ1v) is 26.5. The van der Waals surface area contributed by atoms with Crippen LogP contribution in [0, 0.1) is 0 Å². The number of hydrogen-bond acceptors (Lipinski definition) is 10. The minimum Gasteiger partial charge on any atom is -0.456 e. The number of rotatable bonds is 8. The molecular weight excluding hydrogens is 1060 g/mol. The van der Waals surface area contributed by atoms with Crippen LogP contribution in [0.3, 0.4) is 0 Å². The van der Waals surface area contributed by atoms with Gasteiger partial charge in [0.1, 0.15) is 22.3 Å². The van der Waals surface area contributed by atoms with Gasteiger partial charge in [0.15, 0.2) is 17.5 Å².